The molecular formula is C40H42N3O8S2-. The number of aryl methyl sites for hydroxylation is 2. The van der Waals surface area contributed by atoms with Crippen molar-refractivity contribution in [3.63, 3.8) is 0 Å². The monoisotopic (exact) mass is 756 g/mol. The Morgan fingerprint density at radius 1 is 1.00 bits per heavy atom. The van der Waals surface area contributed by atoms with E-state index in [1.54, 1.807) is 32.9 Å². The van der Waals surface area contributed by atoms with Gasteiger partial charge in [-0.25, -0.2) is 18.2 Å². The molecule has 13 heteroatoms. The van der Waals surface area contributed by atoms with Crippen LogP contribution >= 0.6 is 11.3 Å². The average molecular weight is 757 g/mol. The van der Waals surface area contributed by atoms with Gasteiger partial charge in [-0.15, -0.1) is 11.3 Å². The van der Waals surface area contributed by atoms with Gasteiger partial charge in [0.2, 0.25) is 0 Å². The number of anilines is 1. The van der Waals surface area contributed by atoms with Crippen molar-refractivity contribution in [2.24, 2.45) is 0 Å². The Labute approximate surface area is 312 Å². The fraction of sp³-hybridized carbons (Fsp3) is 0.400. The third-order valence-corrected chi connectivity index (χ3v) is 11.5. The van der Waals surface area contributed by atoms with E-state index < -0.39 is 39.0 Å². The molecule has 0 saturated heterocycles. The number of ether oxygens (including phenoxy) is 1. The first kappa shape index (κ1) is 36.8. The van der Waals surface area contributed by atoms with Crippen LogP contribution in [0.4, 0.5) is 5.69 Å². The summed E-state index contributed by atoms with van der Waals surface area (Å²) in [6.45, 7) is 7.30. The van der Waals surface area contributed by atoms with Crippen LogP contribution in [0.5, 0.6) is 0 Å². The molecule has 0 fully saturated rings. The van der Waals surface area contributed by atoms with Crippen molar-refractivity contribution in [2.75, 3.05) is 36.8 Å². The number of amides is 1. The van der Waals surface area contributed by atoms with E-state index in [0.717, 1.165) is 65.6 Å². The number of carbonyl (C=O) groups is 2. The molecule has 2 aromatic heterocycles. The zero-order chi connectivity index (χ0) is 37.5. The van der Waals surface area contributed by atoms with Crippen LogP contribution in [-0.2, 0) is 32.5 Å². The molecule has 0 spiro atoms. The van der Waals surface area contributed by atoms with Gasteiger partial charge >= 0.3 is 11.6 Å². The van der Waals surface area contributed by atoms with Crippen LogP contribution < -0.4 is 10.5 Å². The minimum Gasteiger partial charge on any atom is -0.748 e. The first-order valence-electron chi connectivity index (χ1n) is 18.1. The molecule has 4 heterocycles. The molecule has 5 aromatic rings. The van der Waals surface area contributed by atoms with Crippen LogP contribution in [0.2, 0.25) is 0 Å². The summed E-state index contributed by atoms with van der Waals surface area (Å²) in [6.07, 6.45) is 3.78. The number of carbonyl (C=O) groups excluding carboxylic acids is 2. The molecule has 3 aromatic carbocycles. The number of fused-ring (bicyclic) bond motifs is 3. The van der Waals surface area contributed by atoms with Crippen LogP contribution in [0, 0.1) is 0 Å². The number of hydrogen-bond acceptors (Lipinski definition) is 11. The largest absolute Gasteiger partial charge is 0.748 e. The SMILES string of the molecule is CC(C)(C)OC(=O)CCCN(CCCS(=O)(=O)[O-])C(=O)c1ccccc1-c1c(-c2nc3ccccc3s2)c(=O)oc2c3c4c(cc12)CCCN4CCC3. The van der Waals surface area contributed by atoms with Gasteiger partial charge in [-0.2, -0.15) is 0 Å². The molecule has 7 rings (SSSR count). The highest BCUT2D eigenvalue weighted by Crippen LogP contribution is 2.46. The van der Waals surface area contributed by atoms with Crippen LogP contribution in [0.15, 0.2) is 63.8 Å². The van der Waals surface area contributed by atoms with E-state index in [1.165, 1.54) is 21.8 Å². The first-order chi connectivity index (χ1) is 25.3. The van der Waals surface area contributed by atoms with E-state index in [1.807, 2.05) is 36.4 Å². The van der Waals surface area contributed by atoms with E-state index in [4.69, 9.17) is 14.1 Å². The quantitative estimate of drug-likeness (QED) is 0.0788. The van der Waals surface area contributed by atoms with Crippen molar-refractivity contribution in [3.05, 3.63) is 81.7 Å². The van der Waals surface area contributed by atoms with E-state index in [2.05, 4.69) is 11.0 Å². The number of nitrogens with zero attached hydrogens (tertiary/aromatic N) is 3. The maximum Gasteiger partial charge on any atom is 0.347 e. The zero-order valence-electron chi connectivity index (χ0n) is 30.1. The van der Waals surface area contributed by atoms with E-state index in [9.17, 15) is 27.4 Å². The Balaban J connectivity index is 1.38. The summed E-state index contributed by atoms with van der Waals surface area (Å²) in [5.41, 5.74) is 4.97. The maximum absolute atomic E-state index is 14.7. The van der Waals surface area contributed by atoms with E-state index in [0.29, 0.717) is 21.7 Å². The molecule has 0 N–H and O–H groups in total. The second kappa shape index (κ2) is 14.7. The highest BCUT2D eigenvalue weighted by atomic mass is 32.2. The maximum atomic E-state index is 14.7. The summed E-state index contributed by atoms with van der Waals surface area (Å²) in [4.78, 5) is 50.3. The molecule has 0 radical (unpaired) electrons. The predicted molar refractivity (Wildman–Crippen MR) is 206 cm³/mol. The van der Waals surface area contributed by atoms with Crippen LogP contribution in [0.25, 0.3) is 42.9 Å². The molecule has 53 heavy (non-hydrogen) atoms. The Morgan fingerprint density at radius 2 is 1.72 bits per heavy atom. The Bertz CT molecular complexity index is 2360. The van der Waals surface area contributed by atoms with Gasteiger partial charge in [0.1, 0.15) is 21.8 Å². The van der Waals surface area contributed by atoms with E-state index in [-0.39, 0.29) is 43.5 Å². The van der Waals surface area contributed by atoms with Crippen LogP contribution in [0.3, 0.4) is 0 Å². The fourth-order valence-electron chi connectivity index (χ4n) is 7.58. The number of para-hydroxylation sites is 1. The minimum atomic E-state index is -4.52. The van der Waals surface area contributed by atoms with Crippen molar-refractivity contribution in [2.45, 2.75) is 71.3 Å². The van der Waals surface area contributed by atoms with Crippen LogP contribution in [0.1, 0.15) is 74.4 Å². The highest BCUT2D eigenvalue weighted by Gasteiger charge is 2.32. The van der Waals surface area contributed by atoms with E-state index >= 15 is 0 Å². The fourth-order valence-corrected chi connectivity index (χ4v) is 9.07. The normalized spacial score (nSPS) is 14.4. The average Bonchev–Trinajstić information content (AvgIpc) is 3.53. The smallest absolute Gasteiger partial charge is 0.347 e. The van der Waals surface area contributed by atoms with Gasteiger partial charge in [0.25, 0.3) is 5.91 Å². The molecule has 0 bridgehead atoms. The number of benzene rings is 3. The van der Waals surface area contributed by atoms with Gasteiger partial charge in [-0.3, -0.25) is 9.59 Å². The van der Waals surface area contributed by atoms with Crippen LogP contribution in [-0.4, -0.2) is 72.3 Å². The lowest BCUT2D eigenvalue weighted by Gasteiger charge is -2.37. The van der Waals surface area contributed by atoms with Gasteiger partial charge < -0.3 is 23.5 Å². The lowest BCUT2D eigenvalue weighted by atomic mass is 9.86. The summed E-state index contributed by atoms with van der Waals surface area (Å²) in [7, 11) is -4.52. The van der Waals surface area contributed by atoms with Gasteiger partial charge in [-0.05, 0) is 94.7 Å². The summed E-state index contributed by atoms with van der Waals surface area (Å²) in [5.74, 6) is -1.47. The van der Waals surface area contributed by atoms with Gasteiger partial charge in [-0.1, -0.05) is 30.3 Å². The first-order valence-corrected chi connectivity index (χ1v) is 20.5. The Hall–Kier alpha value is -4.59. The van der Waals surface area contributed by atoms with Gasteiger partial charge in [0, 0.05) is 66.1 Å². The number of hydrogen-bond donors (Lipinski definition) is 0. The standard InChI is InChI=1S/C40H43N3O8S2/c1-40(2,3)51-32(44)18-10-21-43(22-11-23-53(47,48)49)38(45)27-14-5-4-13-26(27)33-29-24-25-12-8-19-42-20-9-15-28(35(25)42)36(29)50-39(46)34(33)37-41-30-16-6-7-17-31(30)52-37/h4-7,13-14,16-17,24H,8-12,15,18-23H2,1-3H3,(H,47,48,49)/p-1. The molecule has 0 aliphatic carbocycles. The number of esters is 1. The number of aromatic nitrogens is 1. The molecule has 0 saturated carbocycles. The Kier molecular flexibility index (Phi) is 10.2. The van der Waals surface area contributed by atoms with Crippen molar-refractivity contribution in [1.82, 2.24) is 9.88 Å². The molecule has 1 amide bonds. The number of rotatable bonds is 11. The second-order valence-corrected chi connectivity index (χ2v) is 17.3. The summed E-state index contributed by atoms with van der Waals surface area (Å²) in [5, 5.41) is 1.20. The number of thiazole rings is 1. The minimum absolute atomic E-state index is 0.0289. The molecular weight excluding hydrogens is 715 g/mol. The molecule has 0 atom stereocenters. The highest BCUT2D eigenvalue weighted by molar-refractivity contribution is 7.85. The summed E-state index contributed by atoms with van der Waals surface area (Å²) < 4.78 is 47.2. The molecule has 0 unspecified atom stereocenters. The van der Waals surface area contributed by atoms with Gasteiger partial charge in [0.15, 0.2) is 0 Å². The summed E-state index contributed by atoms with van der Waals surface area (Å²) >= 11 is 1.38. The third-order valence-electron chi connectivity index (χ3n) is 9.66. The predicted octanol–water partition coefficient (Wildman–Crippen LogP) is 6.93. The third kappa shape index (κ3) is 7.88. The molecule has 2 aliphatic rings. The molecule has 11 nitrogen and oxygen atoms in total. The van der Waals surface area contributed by atoms with Crippen molar-refractivity contribution in [3.8, 4) is 21.7 Å². The lowest BCUT2D eigenvalue weighted by molar-refractivity contribution is -0.155. The topological polar surface area (TPSA) is 150 Å². The zero-order valence-corrected chi connectivity index (χ0v) is 31.7. The van der Waals surface area contributed by atoms with Crippen molar-refractivity contribution < 1.29 is 31.7 Å². The Morgan fingerprint density at radius 3 is 2.47 bits per heavy atom. The summed E-state index contributed by atoms with van der Waals surface area (Å²) in [6, 6.07) is 16.8. The van der Waals surface area contributed by atoms with Crippen molar-refractivity contribution in [1.29, 1.82) is 0 Å². The second-order valence-electron chi connectivity index (χ2n) is 14.7. The lowest BCUT2D eigenvalue weighted by Crippen LogP contribution is -2.35. The van der Waals surface area contributed by atoms with Gasteiger partial charge in [0.05, 0.1) is 20.3 Å². The van der Waals surface area contributed by atoms with Crippen molar-refractivity contribution >= 4 is 60.2 Å². The molecule has 2 aliphatic heterocycles. The molecule has 278 valence electrons.